The molecule has 1 fully saturated rings. The topological polar surface area (TPSA) is 29.1 Å². The van der Waals surface area contributed by atoms with Crippen LogP contribution >= 0.6 is 11.8 Å². The van der Waals surface area contributed by atoms with Crippen molar-refractivity contribution >= 4 is 29.3 Å². The van der Waals surface area contributed by atoms with Crippen LogP contribution in [-0.4, -0.2) is 23.5 Å². The lowest BCUT2D eigenvalue weighted by molar-refractivity contribution is -0.115. The van der Waals surface area contributed by atoms with Gasteiger partial charge in [-0.15, -0.1) is 0 Å². The van der Waals surface area contributed by atoms with Gasteiger partial charge in [-0.3, -0.25) is 4.79 Å². The van der Waals surface area contributed by atoms with Crippen molar-refractivity contribution in [2.75, 3.05) is 12.3 Å². The van der Waals surface area contributed by atoms with Crippen molar-refractivity contribution in [1.82, 2.24) is 5.32 Å². The van der Waals surface area contributed by atoms with Gasteiger partial charge in [0.05, 0.1) is 0 Å². The Morgan fingerprint density at radius 1 is 1.00 bits per heavy atom. The van der Waals surface area contributed by atoms with Crippen molar-refractivity contribution in [3.63, 3.8) is 0 Å². The second-order valence-electron chi connectivity index (χ2n) is 6.37. The van der Waals surface area contributed by atoms with Gasteiger partial charge in [-0.2, -0.15) is 11.8 Å². The zero-order valence-corrected chi connectivity index (χ0v) is 15.3. The van der Waals surface area contributed by atoms with E-state index < -0.39 is 0 Å². The number of hydrogen-bond acceptors (Lipinski definition) is 2. The van der Waals surface area contributed by atoms with Gasteiger partial charge in [-0.1, -0.05) is 73.5 Å². The molecule has 3 heteroatoms. The van der Waals surface area contributed by atoms with E-state index in [4.69, 9.17) is 0 Å². The molecule has 0 unspecified atom stereocenters. The number of carbonyl (C=O) groups excluding carboxylic acids is 1. The van der Waals surface area contributed by atoms with Crippen molar-refractivity contribution in [3.8, 4) is 0 Å². The maximum atomic E-state index is 12.8. The number of thioether (sulfide) groups is 1. The van der Waals surface area contributed by atoms with Gasteiger partial charge in [0.2, 0.25) is 0 Å². The van der Waals surface area contributed by atoms with E-state index in [1.807, 2.05) is 78.5 Å². The Morgan fingerprint density at radius 2 is 1.64 bits per heavy atom. The van der Waals surface area contributed by atoms with Gasteiger partial charge in [0.25, 0.3) is 5.91 Å². The minimum absolute atomic E-state index is 0.00192. The van der Waals surface area contributed by atoms with Gasteiger partial charge in [0, 0.05) is 23.1 Å². The predicted molar refractivity (Wildman–Crippen MR) is 108 cm³/mol. The third-order valence-electron chi connectivity index (χ3n) is 4.48. The number of amides is 1. The van der Waals surface area contributed by atoms with Crippen molar-refractivity contribution < 1.29 is 4.79 Å². The first-order valence-electron chi connectivity index (χ1n) is 9.05. The second-order valence-corrected chi connectivity index (χ2v) is 7.78. The van der Waals surface area contributed by atoms with E-state index >= 15 is 0 Å². The minimum atomic E-state index is 0.00192. The van der Waals surface area contributed by atoms with Crippen LogP contribution in [0, 0.1) is 0 Å². The van der Waals surface area contributed by atoms with E-state index in [-0.39, 0.29) is 5.91 Å². The van der Waals surface area contributed by atoms with Gasteiger partial charge in [-0.05, 0) is 30.0 Å². The zero-order valence-electron chi connectivity index (χ0n) is 14.5. The highest BCUT2D eigenvalue weighted by molar-refractivity contribution is 7.99. The van der Waals surface area contributed by atoms with Crippen LogP contribution in [-0.2, 0) is 4.79 Å². The van der Waals surface area contributed by atoms with Crippen molar-refractivity contribution in [2.45, 2.75) is 30.9 Å². The summed E-state index contributed by atoms with van der Waals surface area (Å²) in [5, 5.41) is 3.89. The quantitative estimate of drug-likeness (QED) is 0.431. The van der Waals surface area contributed by atoms with E-state index in [2.05, 4.69) is 5.32 Å². The highest BCUT2D eigenvalue weighted by Crippen LogP contribution is 2.29. The molecule has 2 aromatic carbocycles. The van der Waals surface area contributed by atoms with E-state index in [0.29, 0.717) is 0 Å². The predicted octanol–water partition coefficient (Wildman–Crippen LogP) is 5.02. The fourth-order valence-electron chi connectivity index (χ4n) is 3.15. The van der Waals surface area contributed by atoms with Crippen LogP contribution in [0.25, 0.3) is 11.6 Å². The summed E-state index contributed by atoms with van der Waals surface area (Å²) in [6.45, 7) is 0.721. The third-order valence-corrected chi connectivity index (χ3v) is 5.87. The summed E-state index contributed by atoms with van der Waals surface area (Å²) in [6, 6.07) is 19.9. The van der Waals surface area contributed by atoms with Crippen LogP contribution in [0.5, 0.6) is 0 Å². The smallest absolute Gasteiger partial charge is 0.251 e. The first-order valence-corrected chi connectivity index (χ1v) is 10.1. The monoisotopic (exact) mass is 351 g/mol. The van der Waals surface area contributed by atoms with E-state index in [9.17, 15) is 4.79 Å². The highest BCUT2D eigenvalue weighted by Gasteiger charge is 2.15. The molecule has 1 aliphatic rings. The van der Waals surface area contributed by atoms with Gasteiger partial charge < -0.3 is 5.32 Å². The molecule has 0 radical (unpaired) electrons. The molecule has 0 saturated heterocycles. The van der Waals surface area contributed by atoms with Gasteiger partial charge >= 0.3 is 0 Å². The normalized spacial score (nSPS) is 15.3. The standard InChI is InChI=1S/C22H25NOS/c24-22(23-15-16-25-20-13-7-8-14-20)21(19-11-5-2-6-12-19)17-18-9-3-1-4-10-18/h1-6,9-12,17,20H,7-8,13-16H2,(H,23,24)/b21-17+. The zero-order chi connectivity index (χ0) is 17.3. The van der Waals surface area contributed by atoms with Crippen LogP contribution in [0.3, 0.4) is 0 Å². The molecule has 2 nitrogen and oxygen atoms in total. The largest absolute Gasteiger partial charge is 0.351 e. The third kappa shape index (κ3) is 5.50. The van der Waals surface area contributed by atoms with E-state index in [0.717, 1.165) is 34.2 Å². The maximum Gasteiger partial charge on any atom is 0.251 e. The molecule has 0 spiro atoms. The molecule has 25 heavy (non-hydrogen) atoms. The average Bonchev–Trinajstić information content (AvgIpc) is 3.18. The molecular weight excluding hydrogens is 326 g/mol. The Hall–Kier alpha value is -2.00. The average molecular weight is 352 g/mol. The molecule has 1 N–H and O–H groups in total. The summed E-state index contributed by atoms with van der Waals surface area (Å²) in [4.78, 5) is 12.8. The fraction of sp³-hybridized carbons (Fsp3) is 0.318. The van der Waals surface area contributed by atoms with Crippen LogP contribution in [0.4, 0.5) is 0 Å². The van der Waals surface area contributed by atoms with Crippen LogP contribution in [0.15, 0.2) is 60.7 Å². The van der Waals surface area contributed by atoms with Crippen molar-refractivity contribution in [1.29, 1.82) is 0 Å². The first kappa shape index (κ1) is 17.8. The maximum absolute atomic E-state index is 12.8. The second kappa shape index (κ2) is 9.47. The molecule has 130 valence electrons. The summed E-state index contributed by atoms with van der Waals surface area (Å²) in [5.74, 6) is 0.992. The van der Waals surface area contributed by atoms with Gasteiger partial charge in [0.15, 0.2) is 0 Å². The molecule has 0 aromatic heterocycles. The lowest BCUT2D eigenvalue weighted by Gasteiger charge is -2.11. The van der Waals surface area contributed by atoms with Crippen molar-refractivity contribution in [2.24, 2.45) is 0 Å². The summed E-state index contributed by atoms with van der Waals surface area (Å²) in [6.07, 6.45) is 7.36. The lowest BCUT2D eigenvalue weighted by atomic mass is 10.0. The number of hydrogen-bond donors (Lipinski definition) is 1. The number of carbonyl (C=O) groups is 1. The minimum Gasteiger partial charge on any atom is -0.351 e. The SMILES string of the molecule is O=C(NCCSC1CCCC1)/C(=C/c1ccccc1)c1ccccc1. The summed E-state index contributed by atoms with van der Waals surface area (Å²) >= 11 is 2.00. The van der Waals surface area contributed by atoms with E-state index in [1.54, 1.807) is 0 Å². The van der Waals surface area contributed by atoms with Crippen LogP contribution in [0.1, 0.15) is 36.8 Å². The van der Waals surface area contributed by atoms with E-state index in [1.165, 1.54) is 25.7 Å². The Bertz CT molecular complexity index is 690. The van der Waals surface area contributed by atoms with Crippen molar-refractivity contribution in [3.05, 3.63) is 71.8 Å². The number of nitrogens with one attached hydrogen (secondary N) is 1. The Kier molecular flexibility index (Phi) is 6.75. The molecule has 0 atom stereocenters. The molecular formula is C22H25NOS. The first-order chi connectivity index (χ1) is 12.3. The molecule has 2 aromatic rings. The highest BCUT2D eigenvalue weighted by atomic mass is 32.2. The Balaban J connectivity index is 1.64. The Labute approximate surface area is 154 Å². The molecule has 1 amide bonds. The van der Waals surface area contributed by atoms with Crippen LogP contribution < -0.4 is 5.32 Å². The molecule has 1 saturated carbocycles. The summed E-state index contributed by atoms with van der Waals surface area (Å²) in [5.41, 5.74) is 2.71. The molecule has 1 aliphatic carbocycles. The van der Waals surface area contributed by atoms with Crippen LogP contribution in [0.2, 0.25) is 0 Å². The summed E-state index contributed by atoms with van der Waals surface area (Å²) in [7, 11) is 0. The fourth-order valence-corrected chi connectivity index (χ4v) is 4.37. The number of rotatable bonds is 7. The summed E-state index contributed by atoms with van der Waals surface area (Å²) < 4.78 is 0. The van der Waals surface area contributed by atoms with Gasteiger partial charge in [0.1, 0.15) is 0 Å². The number of benzene rings is 2. The lowest BCUT2D eigenvalue weighted by Crippen LogP contribution is -2.27. The van der Waals surface area contributed by atoms with Gasteiger partial charge in [-0.25, -0.2) is 0 Å². The Morgan fingerprint density at radius 3 is 2.32 bits per heavy atom. The molecule has 3 rings (SSSR count). The molecule has 0 aliphatic heterocycles. The molecule has 0 bridgehead atoms. The molecule has 0 heterocycles.